The Morgan fingerprint density at radius 1 is 1.08 bits per heavy atom. The Morgan fingerprint density at radius 3 is 2.15 bits per heavy atom. The highest BCUT2D eigenvalue weighted by Crippen LogP contribution is 2.31. The van der Waals surface area contributed by atoms with E-state index in [-0.39, 0.29) is 12.4 Å². The molecule has 1 aromatic heterocycles. The highest BCUT2D eigenvalue weighted by atomic mass is 19.1. The van der Waals surface area contributed by atoms with Crippen molar-refractivity contribution >= 4 is 5.97 Å². The maximum Gasteiger partial charge on any atom is 0.355 e. The van der Waals surface area contributed by atoms with E-state index in [1.54, 1.807) is 36.9 Å². The van der Waals surface area contributed by atoms with E-state index < -0.39 is 5.97 Å². The quantitative estimate of drug-likeness (QED) is 0.650. The fraction of sp³-hybridized carbons (Fsp3) is 0.143. The molecule has 130 valence electrons. The topological polar surface area (TPSA) is 55.0 Å². The molecule has 0 N–H and O–H groups in total. The Balaban J connectivity index is 2.05. The summed E-state index contributed by atoms with van der Waals surface area (Å²) in [6.07, 6.45) is 1.62. The van der Waals surface area contributed by atoms with E-state index in [4.69, 9.17) is 4.74 Å². The van der Waals surface area contributed by atoms with Crippen LogP contribution in [0, 0.1) is 17.1 Å². The number of ether oxygens (including phenoxy) is 1. The Morgan fingerprint density at radius 2 is 1.62 bits per heavy atom. The number of halogens is 1. The number of nitriles is 1. The maximum atomic E-state index is 13.1. The lowest BCUT2D eigenvalue weighted by atomic mass is 9.98. The molecule has 5 heteroatoms. The van der Waals surface area contributed by atoms with E-state index in [9.17, 15) is 14.4 Å². The molecule has 1 heterocycles. The number of aromatic nitrogens is 1. The van der Waals surface area contributed by atoms with Crippen molar-refractivity contribution in [1.82, 2.24) is 4.57 Å². The predicted molar refractivity (Wildman–Crippen MR) is 96.9 cm³/mol. The first-order valence-corrected chi connectivity index (χ1v) is 8.18. The molecule has 0 aliphatic carbocycles. The summed E-state index contributed by atoms with van der Waals surface area (Å²) >= 11 is 0. The van der Waals surface area contributed by atoms with Gasteiger partial charge in [-0.05, 0) is 35.7 Å². The zero-order chi connectivity index (χ0) is 18.7. The van der Waals surface area contributed by atoms with Crippen molar-refractivity contribution in [3.8, 4) is 28.3 Å². The maximum absolute atomic E-state index is 13.1. The third-order valence-electron chi connectivity index (χ3n) is 4.12. The number of benzene rings is 2. The van der Waals surface area contributed by atoms with E-state index in [1.807, 2.05) is 24.3 Å². The van der Waals surface area contributed by atoms with Gasteiger partial charge >= 0.3 is 5.97 Å². The normalized spacial score (nSPS) is 10.4. The molecule has 0 saturated carbocycles. The van der Waals surface area contributed by atoms with Crippen LogP contribution in [0.2, 0.25) is 0 Å². The van der Waals surface area contributed by atoms with Crippen molar-refractivity contribution in [2.75, 3.05) is 6.61 Å². The number of esters is 1. The monoisotopic (exact) mass is 348 g/mol. The van der Waals surface area contributed by atoms with Gasteiger partial charge in [0.25, 0.3) is 0 Å². The zero-order valence-electron chi connectivity index (χ0n) is 14.5. The van der Waals surface area contributed by atoms with E-state index in [1.165, 1.54) is 12.1 Å². The summed E-state index contributed by atoms with van der Waals surface area (Å²) < 4.78 is 19.8. The summed E-state index contributed by atoms with van der Waals surface area (Å²) in [4.78, 5) is 12.3. The molecule has 0 aliphatic heterocycles. The highest BCUT2D eigenvalue weighted by molar-refractivity contribution is 5.98. The van der Waals surface area contributed by atoms with Crippen LogP contribution in [-0.4, -0.2) is 17.1 Å². The van der Waals surface area contributed by atoms with Crippen molar-refractivity contribution < 1.29 is 13.9 Å². The van der Waals surface area contributed by atoms with Gasteiger partial charge in [-0.15, -0.1) is 0 Å². The molecule has 0 saturated heterocycles. The van der Waals surface area contributed by atoms with Gasteiger partial charge in [-0.1, -0.05) is 36.4 Å². The number of nitrogens with zero attached hydrogens (tertiary/aromatic N) is 2. The highest BCUT2D eigenvalue weighted by Gasteiger charge is 2.22. The molecule has 2 aromatic carbocycles. The average molecular weight is 348 g/mol. The molecular formula is C21H17FN2O2. The van der Waals surface area contributed by atoms with Crippen molar-refractivity contribution in [2.24, 2.45) is 7.05 Å². The van der Waals surface area contributed by atoms with Gasteiger partial charge < -0.3 is 9.30 Å². The largest absolute Gasteiger partial charge is 0.461 e. The first kappa shape index (κ1) is 17.4. The minimum atomic E-state index is -0.464. The third kappa shape index (κ3) is 3.22. The molecule has 3 aromatic rings. The molecule has 4 nitrogen and oxygen atoms in total. The van der Waals surface area contributed by atoms with Gasteiger partial charge in [-0.2, -0.15) is 5.26 Å². The first-order valence-electron chi connectivity index (χ1n) is 8.18. The second-order valence-corrected chi connectivity index (χ2v) is 5.79. The minimum absolute atomic E-state index is 0.259. The zero-order valence-corrected chi connectivity index (χ0v) is 14.5. The molecule has 0 unspecified atom stereocenters. The second kappa shape index (κ2) is 7.24. The molecule has 0 spiro atoms. The fourth-order valence-corrected chi connectivity index (χ4v) is 2.92. The lowest BCUT2D eigenvalue weighted by molar-refractivity contribution is 0.0516. The Bertz CT molecular complexity index is 981. The Kier molecular flexibility index (Phi) is 4.85. The summed E-state index contributed by atoms with van der Waals surface area (Å²) in [5, 5.41) is 9.44. The van der Waals surface area contributed by atoms with Crippen LogP contribution in [0.4, 0.5) is 4.39 Å². The van der Waals surface area contributed by atoms with E-state index in [2.05, 4.69) is 6.07 Å². The van der Waals surface area contributed by atoms with Crippen LogP contribution in [0.1, 0.15) is 23.0 Å². The summed E-state index contributed by atoms with van der Waals surface area (Å²) in [6.45, 7) is 2.00. The molecule has 0 bridgehead atoms. The van der Waals surface area contributed by atoms with E-state index >= 15 is 0 Å². The van der Waals surface area contributed by atoms with E-state index in [0.717, 1.165) is 16.7 Å². The van der Waals surface area contributed by atoms with Crippen molar-refractivity contribution in [1.29, 1.82) is 5.26 Å². The lowest BCUT2D eigenvalue weighted by Crippen LogP contribution is -2.10. The van der Waals surface area contributed by atoms with Crippen LogP contribution in [-0.2, 0) is 11.8 Å². The molecule has 0 radical (unpaired) electrons. The lowest BCUT2D eigenvalue weighted by Gasteiger charge is -2.09. The number of hydrogen-bond acceptors (Lipinski definition) is 3. The standard InChI is InChI=1S/C21H17FN2O2/c1-3-26-21(25)20-19(17(12-23)13-24(20)2)16-6-4-14(5-7-16)15-8-10-18(22)11-9-15/h4-11,13H,3H2,1-2H3. The van der Waals surface area contributed by atoms with Gasteiger partial charge in [0, 0.05) is 18.8 Å². The minimum Gasteiger partial charge on any atom is -0.461 e. The van der Waals surface area contributed by atoms with Crippen LogP contribution in [0.3, 0.4) is 0 Å². The van der Waals surface area contributed by atoms with Crippen LogP contribution in [0.15, 0.2) is 54.7 Å². The van der Waals surface area contributed by atoms with Gasteiger partial charge in [-0.3, -0.25) is 0 Å². The van der Waals surface area contributed by atoms with Gasteiger partial charge in [-0.25, -0.2) is 9.18 Å². The number of aryl methyl sites for hydroxylation is 1. The molecule has 0 fully saturated rings. The number of hydrogen-bond donors (Lipinski definition) is 0. The van der Waals surface area contributed by atoms with Crippen molar-refractivity contribution in [3.05, 3.63) is 71.8 Å². The predicted octanol–water partition coefficient (Wildman–Crippen LogP) is 4.55. The summed E-state index contributed by atoms with van der Waals surface area (Å²) in [7, 11) is 1.71. The summed E-state index contributed by atoms with van der Waals surface area (Å²) in [5.41, 5.74) is 3.86. The Labute approximate surface area is 151 Å². The molecule has 0 atom stereocenters. The Hall–Kier alpha value is -3.39. The summed E-state index contributed by atoms with van der Waals surface area (Å²) in [6, 6.07) is 15.8. The van der Waals surface area contributed by atoms with Crippen molar-refractivity contribution in [3.63, 3.8) is 0 Å². The number of rotatable bonds is 4. The molecular weight excluding hydrogens is 331 g/mol. The van der Waals surface area contributed by atoms with Gasteiger partial charge in [0.2, 0.25) is 0 Å². The van der Waals surface area contributed by atoms with Gasteiger partial charge in [0.15, 0.2) is 0 Å². The first-order chi connectivity index (χ1) is 12.5. The van der Waals surface area contributed by atoms with Crippen molar-refractivity contribution in [2.45, 2.75) is 6.92 Å². The van der Waals surface area contributed by atoms with Crippen LogP contribution >= 0.6 is 0 Å². The fourth-order valence-electron chi connectivity index (χ4n) is 2.92. The van der Waals surface area contributed by atoms with E-state index in [0.29, 0.717) is 16.8 Å². The van der Waals surface area contributed by atoms with Gasteiger partial charge in [0.1, 0.15) is 17.6 Å². The van der Waals surface area contributed by atoms with Crippen LogP contribution < -0.4 is 0 Å². The van der Waals surface area contributed by atoms with Crippen LogP contribution in [0.5, 0.6) is 0 Å². The third-order valence-corrected chi connectivity index (χ3v) is 4.12. The molecule has 0 amide bonds. The number of carbonyl (C=O) groups is 1. The average Bonchev–Trinajstić information content (AvgIpc) is 2.99. The van der Waals surface area contributed by atoms with Gasteiger partial charge in [0.05, 0.1) is 12.2 Å². The molecule has 0 aliphatic rings. The number of carbonyl (C=O) groups excluding carboxylic acids is 1. The molecule has 3 rings (SSSR count). The molecule has 26 heavy (non-hydrogen) atoms. The van der Waals surface area contributed by atoms with Crippen LogP contribution in [0.25, 0.3) is 22.3 Å². The summed E-state index contributed by atoms with van der Waals surface area (Å²) in [5.74, 6) is -0.749. The smallest absolute Gasteiger partial charge is 0.355 e. The second-order valence-electron chi connectivity index (χ2n) is 5.79. The SMILES string of the molecule is CCOC(=O)c1c(-c2ccc(-c3ccc(F)cc3)cc2)c(C#N)cn1C.